The molecule has 0 amide bonds. The number of ether oxygens (including phenoxy) is 4. The maximum Gasteiger partial charge on any atom is 0.123 e. The number of benzene rings is 1. The molecule has 1 rings (SSSR count). The largest absolute Gasteiger partial charge is 0.550 e. The summed E-state index contributed by atoms with van der Waals surface area (Å²) < 4.78 is 21.6. The fraction of sp³-hybridized carbons (Fsp3) is 0.533. The van der Waals surface area contributed by atoms with Crippen molar-refractivity contribution in [2.75, 3.05) is 26.4 Å². The van der Waals surface area contributed by atoms with Crippen LogP contribution in [0.15, 0.2) is 24.3 Å². The maximum atomic E-state index is 5.58. The lowest BCUT2D eigenvalue weighted by atomic mass is 10.3. The van der Waals surface area contributed by atoms with Crippen LogP contribution in [0.4, 0.5) is 0 Å². The van der Waals surface area contributed by atoms with Crippen molar-refractivity contribution in [2.45, 2.75) is 26.9 Å². The van der Waals surface area contributed by atoms with Gasteiger partial charge in [-0.2, -0.15) is 6.92 Å². The summed E-state index contributed by atoms with van der Waals surface area (Å²) in [5, 5.41) is 0. The first kappa shape index (κ1) is 15.8. The van der Waals surface area contributed by atoms with Gasteiger partial charge in [-0.25, -0.2) is 6.61 Å². The lowest BCUT2D eigenvalue weighted by molar-refractivity contribution is 0.0552. The predicted molar refractivity (Wildman–Crippen MR) is 74.4 cm³/mol. The molecule has 0 aliphatic carbocycles. The Kier molecular flexibility index (Phi) is 8.02. The minimum absolute atomic E-state index is 0.230. The van der Waals surface area contributed by atoms with E-state index in [-0.39, 0.29) is 6.10 Å². The molecule has 0 unspecified atom stereocenters. The number of hydrogen-bond acceptors (Lipinski definition) is 4. The van der Waals surface area contributed by atoms with Crippen LogP contribution < -0.4 is 9.47 Å². The first-order chi connectivity index (χ1) is 9.22. The van der Waals surface area contributed by atoms with Crippen LogP contribution in [-0.4, -0.2) is 32.5 Å². The Morgan fingerprint density at radius 3 is 2.21 bits per heavy atom. The molecular weight excluding hydrogens is 244 g/mol. The second-order valence-corrected chi connectivity index (χ2v) is 4.20. The van der Waals surface area contributed by atoms with E-state index in [9.17, 15) is 0 Å². The minimum atomic E-state index is 0.230. The fourth-order valence-corrected chi connectivity index (χ4v) is 1.42. The molecule has 0 aliphatic rings. The van der Waals surface area contributed by atoms with Crippen molar-refractivity contribution in [3.63, 3.8) is 0 Å². The smallest absolute Gasteiger partial charge is 0.123 e. The van der Waals surface area contributed by atoms with Crippen molar-refractivity contribution in [1.29, 1.82) is 0 Å². The van der Waals surface area contributed by atoms with Gasteiger partial charge in [-0.15, -0.1) is 0 Å². The lowest BCUT2D eigenvalue weighted by Crippen LogP contribution is -2.11. The number of rotatable bonds is 10. The van der Waals surface area contributed by atoms with Crippen molar-refractivity contribution in [1.82, 2.24) is 0 Å². The molecule has 0 saturated carbocycles. The van der Waals surface area contributed by atoms with Crippen molar-refractivity contribution in [3.05, 3.63) is 30.9 Å². The summed E-state index contributed by atoms with van der Waals surface area (Å²) in [5.74, 6) is 1.56. The summed E-state index contributed by atoms with van der Waals surface area (Å²) in [6.07, 6.45) is 0.230. The highest BCUT2D eigenvalue weighted by molar-refractivity contribution is 5.32. The van der Waals surface area contributed by atoms with Gasteiger partial charge < -0.3 is 18.9 Å². The maximum absolute atomic E-state index is 5.58. The topological polar surface area (TPSA) is 36.9 Å². The minimum Gasteiger partial charge on any atom is -0.550 e. The number of hydrogen-bond donors (Lipinski definition) is 0. The average molecular weight is 267 g/mol. The molecule has 4 heteroatoms. The second-order valence-electron chi connectivity index (χ2n) is 4.20. The standard InChI is InChI=1S/C15H23O4/c1-4-16-8-9-18-14-6-5-7-15(12-14)19-11-10-17-13(2)3/h4-7,12-13H,8-11H2,1-3H3/q-1. The van der Waals surface area contributed by atoms with Crippen LogP contribution >= 0.6 is 0 Å². The average Bonchev–Trinajstić information content (AvgIpc) is 2.40. The molecule has 0 atom stereocenters. The molecule has 0 bridgehead atoms. The van der Waals surface area contributed by atoms with Gasteiger partial charge in [0.15, 0.2) is 0 Å². The van der Waals surface area contributed by atoms with E-state index in [1.807, 2.05) is 45.0 Å². The third kappa shape index (κ3) is 7.70. The Morgan fingerprint density at radius 2 is 1.63 bits per heavy atom. The van der Waals surface area contributed by atoms with E-state index in [4.69, 9.17) is 18.9 Å². The van der Waals surface area contributed by atoms with Gasteiger partial charge >= 0.3 is 0 Å². The zero-order chi connectivity index (χ0) is 13.9. The van der Waals surface area contributed by atoms with E-state index in [1.165, 1.54) is 0 Å². The van der Waals surface area contributed by atoms with Crippen LogP contribution in [0.5, 0.6) is 11.5 Å². The Labute approximate surface area is 115 Å². The normalized spacial score (nSPS) is 10.7. The van der Waals surface area contributed by atoms with Crippen LogP contribution in [0.25, 0.3) is 0 Å². The Hall–Kier alpha value is -1.26. The van der Waals surface area contributed by atoms with Gasteiger partial charge in [-0.05, 0) is 26.0 Å². The molecule has 108 valence electrons. The van der Waals surface area contributed by atoms with Crippen molar-refractivity contribution < 1.29 is 18.9 Å². The van der Waals surface area contributed by atoms with Gasteiger partial charge in [-0.1, -0.05) is 6.07 Å². The molecule has 1 aromatic carbocycles. The summed E-state index contributed by atoms with van der Waals surface area (Å²) in [6, 6.07) is 7.57. The van der Waals surface area contributed by atoms with E-state index >= 15 is 0 Å². The molecule has 1 aromatic rings. The quantitative estimate of drug-likeness (QED) is 0.482. The zero-order valence-electron chi connectivity index (χ0n) is 11.9. The molecule has 0 radical (unpaired) electrons. The third-order valence-electron chi connectivity index (χ3n) is 2.25. The fourth-order valence-electron chi connectivity index (χ4n) is 1.42. The Balaban J connectivity index is 2.27. The van der Waals surface area contributed by atoms with Gasteiger partial charge in [0.05, 0.1) is 12.7 Å². The Bertz CT molecular complexity index is 339. The molecule has 0 heterocycles. The summed E-state index contributed by atoms with van der Waals surface area (Å²) >= 11 is 0. The molecule has 0 spiro atoms. The van der Waals surface area contributed by atoms with Crippen molar-refractivity contribution in [3.8, 4) is 11.5 Å². The van der Waals surface area contributed by atoms with Crippen LogP contribution in [0.1, 0.15) is 20.8 Å². The molecule has 0 fully saturated rings. The monoisotopic (exact) mass is 267 g/mol. The summed E-state index contributed by atoms with van der Waals surface area (Å²) in [6.45, 7) is 9.69. The molecule has 0 N–H and O–H groups in total. The molecule has 0 aromatic heterocycles. The van der Waals surface area contributed by atoms with Crippen LogP contribution in [0, 0.1) is 6.61 Å². The molecular formula is C15H23O4-. The van der Waals surface area contributed by atoms with Gasteiger partial charge in [0.2, 0.25) is 0 Å². The lowest BCUT2D eigenvalue weighted by Gasteiger charge is -2.12. The van der Waals surface area contributed by atoms with Crippen molar-refractivity contribution >= 4 is 0 Å². The van der Waals surface area contributed by atoms with Crippen LogP contribution in [0.2, 0.25) is 0 Å². The first-order valence-corrected chi connectivity index (χ1v) is 6.59. The molecule has 19 heavy (non-hydrogen) atoms. The van der Waals surface area contributed by atoms with E-state index in [2.05, 4.69) is 0 Å². The van der Waals surface area contributed by atoms with E-state index < -0.39 is 0 Å². The van der Waals surface area contributed by atoms with Gasteiger partial charge in [0.25, 0.3) is 0 Å². The predicted octanol–water partition coefficient (Wildman–Crippen LogP) is 3.07. The summed E-state index contributed by atoms with van der Waals surface area (Å²) in [7, 11) is 0. The molecule has 0 saturated heterocycles. The third-order valence-corrected chi connectivity index (χ3v) is 2.25. The van der Waals surface area contributed by atoms with Crippen molar-refractivity contribution in [2.24, 2.45) is 0 Å². The summed E-state index contributed by atoms with van der Waals surface area (Å²) in [5.41, 5.74) is 0. The molecule has 4 nitrogen and oxygen atoms in total. The van der Waals surface area contributed by atoms with E-state index in [0.29, 0.717) is 26.4 Å². The highest BCUT2D eigenvalue weighted by atomic mass is 16.5. The van der Waals surface area contributed by atoms with Gasteiger partial charge in [0.1, 0.15) is 24.7 Å². The SMILES string of the molecule is C[CH-]OCCOc1cccc(OCCOC(C)C)c1. The van der Waals surface area contributed by atoms with Gasteiger partial charge in [0, 0.05) is 12.7 Å². The van der Waals surface area contributed by atoms with E-state index in [1.54, 1.807) is 6.61 Å². The zero-order valence-corrected chi connectivity index (χ0v) is 11.9. The van der Waals surface area contributed by atoms with E-state index in [0.717, 1.165) is 11.5 Å². The Morgan fingerprint density at radius 1 is 1.00 bits per heavy atom. The van der Waals surface area contributed by atoms with Gasteiger partial charge in [-0.3, -0.25) is 0 Å². The summed E-state index contributed by atoms with van der Waals surface area (Å²) in [4.78, 5) is 0. The van der Waals surface area contributed by atoms with Crippen LogP contribution in [0.3, 0.4) is 0 Å². The molecule has 0 aliphatic heterocycles. The van der Waals surface area contributed by atoms with Crippen LogP contribution in [-0.2, 0) is 9.47 Å². The first-order valence-electron chi connectivity index (χ1n) is 6.59. The highest BCUT2D eigenvalue weighted by Crippen LogP contribution is 2.19. The second kappa shape index (κ2) is 9.64. The highest BCUT2D eigenvalue weighted by Gasteiger charge is 1.99.